The molecular formula is C20H25N4O4+. The fourth-order valence-corrected chi connectivity index (χ4v) is 3.27. The molecule has 1 fully saturated rings. The number of anilines is 2. The van der Waals surface area contributed by atoms with Crippen molar-refractivity contribution in [3.05, 3.63) is 58.1 Å². The SMILES string of the molecule is CCOc1ccccc1NC(=O)c1cc([N+](=O)[O-])ccc1N1CC[NH+](C)CC1. The summed E-state index contributed by atoms with van der Waals surface area (Å²) >= 11 is 0. The van der Waals surface area contributed by atoms with Gasteiger partial charge in [-0.2, -0.15) is 0 Å². The van der Waals surface area contributed by atoms with Crippen LogP contribution < -0.4 is 19.9 Å². The zero-order chi connectivity index (χ0) is 20.1. The van der Waals surface area contributed by atoms with Crippen LogP contribution in [0.1, 0.15) is 17.3 Å². The number of quaternary nitrogens is 1. The van der Waals surface area contributed by atoms with Crippen LogP contribution in [0.15, 0.2) is 42.5 Å². The third kappa shape index (κ3) is 4.40. The Kier molecular flexibility index (Phi) is 6.10. The van der Waals surface area contributed by atoms with E-state index in [9.17, 15) is 14.9 Å². The van der Waals surface area contributed by atoms with E-state index in [2.05, 4.69) is 17.3 Å². The fraction of sp³-hybridized carbons (Fsp3) is 0.350. The molecule has 0 spiro atoms. The average molecular weight is 385 g/mol. The van der Waals surface area contributed by atoms with E-state index in [-0.39, 0.29) is 5.69 Å². The Morgan fingerprint density at radius 3 is 2.64 bits per heavy atom. The lowest BCUT2D eigenvalue weighted by molar-refractivity contribution is -0.880. The van der Waals surface area contributed by atoms with E-state index in [0.717, 1.165) is 26.2 Å². The maximum absolute atomic E-state index is 13.1. The minimum absolute atomic E-state index is 0.105. The molecule has 0 aromatic heterocycles. The highest BCUT2D eigenvalue weighted by Crippen LogP contribution is 2.29. The molecule has 2 aromatic rings. The van der Waals surface area contributed by atoms with Gasteiger partial charge in [0.2, 0.25) is 0 Å². The number of nitro groups is 1. The van der Waals surface area contributed by atoms with Gasteiger partial charge in [-0.15, -0.1) is 0 Å². The monoisotopic (exact) mass is 385 g/mol. The number of hydrogen-bond acceptors (Lipinski definition) is 5. The Bertz CT molecular complexity index is 863. The van der Waals surface area contributed by atoms with Crippen LogP contribution in [-0.4, -0.2) is 50.7 Å². The van der Waals surface area contributed by atoms with Gasteiger partial charge in [0.05, 0.1) is 61.7 Å². The molecule has 2 N–H and O–H groups in total. The number of carbonyl (C=O) groups is 1. The van der Waals surface area contributed by atoms with Gasteiger partial charge < -0.3 is 19.9 Å². The maximum Gasteiger partial charge on any atom is 0.270 e. The van der Waals surface area contributed by atoms with Gasteiger partial charge >= 0.3 is 0 Å². The van der Waals surface area contributed by atoms with E-state index in [1.165, 1.54) is 17.0 Å². The number of nitrogens with one attached hydrogen (secondary N) is 2. The van der Waals surface area contributed by atoms with Crippen LogP contribution in [0.4, 0.5) is 17.1 Å². The highest BCUT2D eigenvalue weighted by Gasteiger charge is 2.24. The van der Waals surface area contributed by atoms with Crippen molar-refractivity contribution < 1.29 is 19.4 Å². The van der Waals surface area contributed by atoms with Gasteiger partial charge in [-0.05, 0) is 25.1 Å². The predicted molar refractivity (Wildman–Crippen MR) is 107 cm³/mol. The summed E-state index contributed by atoms with van der Waals surface area (Å²) in [5, 5.41) is 14.1. The quantitative estimate of drug-likeness (QED) is 0.582. The molecule has 28 heavy (non-hydrogen) atoms. The number of amides is 1. The van der Waals surface area contributed by atoms with Gasteiger partial charge in [0, 0.05) is 12.1 Å². The Hall–Kier alpha value is -3.13. The highest BCUT2D eigenvalue weighted by molar-refractivity contribution is 6.09. The van der Waals surface area contributed by atoms with E-state index < -0.39 is 10.8 Å². The Balaban J connectivity index is 1.93. The molecule has 1 aliphatic rings. The molecule has 0 atom stereocenters. The van der Waals surface area contributed by atoms with Gasteiger partial charge in [0.1, 0.15) is 5.75 Å². The highest BCUT2D eigenvalue weighted by atomic mass is 16.6. The molecule has 3 rings (SSSR count). The third-order valence-electron chi connectivity index (χ3n) is 4.83. The molecule has 8 heteroatoms. The fourth-order valence-electron chi connectivity index (χ4n) is 3.27. The van der Waals surface area contributed by atoms with Crippen molar-refractivity contribution >= 4 is 23.0 Å². The van der Waals surface area contributed by atoms with Crippen molar-refractivity contribution in [2.24, 2.45) is 0 Å². The lowest BCUT2D eigenvalue weighted by atomic mass is 10.1. The van der Waals surface area contributed by atoms with Crippen molar-refractivity contribution in [3.63, 3.8) is 0 Å². The second-order valence-electron chi connectivity index (χ2n) is 6.79. The van der Waals surface area contributed by atoms with Crippen LogP contribution in [-0.2, 0) is 0 Å². The maximum atomic E-state index is 13.1. The van der Waals surface area contributed by atoms with E-state index in [1.807, 2.05) is 13.0 Å². The number of rotatable bonds is 6. The van der Waals surface area contributed by atoms with Gasteiger partial charge in [0.25, 0.3) is 11.6 Å². The van der Waals surface area contributed by atoms with Crippen LogP contribution in [0, 0.1) is 10.1 Å². The molecular weight excluding hydrogens is 360 g/mol. The normalized spacial score (nSPS) is 14.6. The smallest absolute Gasteiger partial charge is 0.270 e. The van der Waals surface area contributed by atoms with Gasteiger partial charge in [0.15, 0.2) is 0 Å². The predicted octanol–water partition coefficient (Wildman–Crippen LogP) is 1.58. The number of carbonyl (C=O) groups excluding carboxylic acids is 1. The number of ether oxygens (including phenoxy) is 1. The number of para-hydroxylation sites is 2. The molecule has 1 saturated heterocycles. The van der Waals surface area contributed by atoms with Crippen molar-refractivity contribution in [1.29, 1.82) is 0 Å². The summed E-state index contributed by atoms with van der Waals surface area (Å²) in [6, 6.07) is 11.6. The number of benzene rings is 2. The first-order chi connectivity index (χ1) is 13.5. The molecule has 0 saturated carbocycles. The van der Waals surface area contributed by atoms with Crippen molar-refractivity contribution in [1.82, 2.24) is 0 Å². The van der Waals surface area contributed by atoms with Crippen LogP contribution in [0.2, 0.25) is 0 Å². The van der Waals surface area contributed by atoms with Crippen LogP contribution in [0.5, 0.6) is 5.75 Å². The van der Waals surface area contributed by atoms with Gasteiger partial charge in [-0.3, -0.25) is 14.9 Å². The molecule has 1 amide bonds. The first-order valence-electron chi connectivity index (χ1n) is 9.37. The van der Waals surface area contributed by atoms with Crippen molar-refractivity contribution in [2.75, 3.05) is 50.1 Å². The second kappa shape index (κ2) is 8.71. The minimum Gasteiger partial charge on any atom is -0.492 e. The average Bonchev–Trinajstić information content (AvgIpc) is 2.70. The molecule has 1 aliphatic heterocycles. The second-order valence-corrected chi connectivity index (χ2v) is 6.79. The Morgan fingerprint density at radius 1 is 1.25 bits per heavy atom. The third-order valence-corrected chi connectivity index (χ3v) is 4.83. The molecule has 0 radical (unpaired) electrons. The number of non-ortho nitro benzene ring substituents is 1. The van der Waals surface area contributed by atoms with Crippen LogP contribution >= 0.6 is 0 Å². The van der Waals surface area contributed by atoms with Gasteiger partial charge in [-0.25, -0.2) is 0 Å². The first kappa shape index (κ1) is 19.6. The molecule has 0 unspecified atom stereocenters. The van der Waals surface area contributed by atoms with Crippen LogP contribution in [0.25, 0.3) is 0 Å². The summed E-state index contributed by atoms with van der Waals surface area (Å²) < 4.78 is 5.56. The largest absolute Gasteiger partial charge is 0.492 e. The summed E-state index contributed by atoms with van der Waals surface area (Å²) in [6.07, 6.45) is 0. The van der Waals surface area contributed by atoms with Crippen LogP contribution in [0.3, 0.4) is 0 Å². The summed E-state index contributed by atoms with van der Waals surface area (Å²) in [6.45, 7) is 5.82. The standard InChI is InChI=1S/C20H24N4O4/c1-3-28-19-7-5-4-6-17(19)21-20(25)16-14-15(24(26)27)8-9-18(16)23-12-10-22(2)11-13-23/h4-9,14H,3,10-13H2,1-2H3,(H,21,25)/p+1. The molecule has 1 heterocycles. The zero-order valence-electron chi connectivity index (χ0n) is 16.1. The number of nitrogens with zero attached hydrogens (tertiary/aromatic N) is 2. The van der Waals surface area contributed by atoms with Crippen molar-refractivity contribution in [3.8, 4) is 5.75 Å². The zero-order valence-corrected chi connectivity index (χ0v) is 16.1. The molecule has 8 nitrogen and oxygen atoms in total. The van der Waals surface area contributed by atoms with E-state index in [0.29, 0.717) is 29.3 Å². The number of nitro benzene ring substituents is 1. The number of hydrogen-bond donors (Lipinski definition) is 2. The topological polar surface area (TPSA) is 89.1 Å². The van der Waals surface area contributed by atoms with E-state index in [1.54, 1.807) is 24.3 Å². The van der Waals surface area contributed by atoms with Gasteiger partial charge in [-0.1, -0.05) is 12.1 Å². The minimum atomic E-state index is -0.483. The lowest BCUT2D eigenvalue weighted by Gasteiger charge is -2.32. The Morgan fingerprint density at radius 2 is 1.96 bits per heavy atom. The number of piperazine rings is 1. The summed E-state index contributed by atoms with van der Waals surface area (Å²) in [4.78, 5) is 27.3. The van der Waals surface area contributed by atoms with Crippen molar-refractivity contribution in [2.45, 2.75) is 6.92 Å². The first-order valence-corrected chi connectivity index (χ1v) is 9.37. The summed E-state index contributed by atoms with van der Waals surface area (Å²) in [5.41, 5.74) is 1.44. The molecule has 0 aliphatic carbocycles. The summed E-state index contributed by atoms with van der Waals surface area (Å²) in [5.74, 6) is 0.172. The lowest BCUT2D eigenvalue weighted by Crippen LogP contribution is -3.12. The van der Waals surface area contributed by atoms with E-state index in [4.69, 9.17) is 4.74 Å². The Labute approximate surface area is 163 Å². The summed E-state index contributed by atoms with van der Waals surface area (Å²) in [7, 11) is 2.13. The molecule has 2 aromatic carbocycles. The molecule has 0 bridgehead atoms. The van der Waals surface area contributed by atoms with E-state index >= 15 is 0 Å². The molecule has 148 valence electrons. The number of likely N-dealkylation sites (N-methyl/N-ethyl adjacent to an activating group) is 1.